The normalized spacial score (nSPS) is 23.1. The van der Waals surface area contributed by atoms with E-state index in [9.17, 15) is 4.39 Å². The molecule has 1 nitrogen and oxygen atoms in total. The Morgan fingerprint density at radius 1 is 1.35 bits per heavy atom. The van der Waals surface area contributed by atoms with Crippen LogP contribution >= 0.6 is 15.9 Å². The Hall–Kier alpha value is -0.570. The molecule has 0 saturated heterocycles. The number of aryl methyl sites for hydroxylation is 1. The minimum Gasteiger partial charge on any atom is -0.382 e. The molecule has 20 heavy (non-hydrogen) atoms. The van der Waals surface area contributed by atoms with Gasteiger partial charge in [-0.05, 0) is 71.6 Å². The van der Waals surface area contributed by atoms with Crippen molar-refractivity contribution in [1.82, 2.24) is 0 Å². The first-order chi connectivity index (χ1) is 9.45. The van der Waals surface area contributed by atoms with E-state index in [4.69, 9.17) is 0 Å². The SMILES string of the molecule is Cc1cc(Br)c(F)cc1NC1CCCC(CC(C)C)C1. The molecule has 1 N–H and O–H groups in total. The summed E-state index contributed by atoms with van der Waals surface area (Å²) in [6, 6.07) is 3.96. The lowest BCUT2D eigenvalue weighted by Gasteiger charge is -2.31. The Balaban J connectivity index is 2.01. The zero-order chi connectivity index (χ0) is 14.7. The predicted molar refractivity (Wildman–Crippen MR) is 87.7 cm³/mol. The van der Waals surface area contributed by atoms with Crippen molar-refractivity contribution in [3.05, 3.63) is 28.0 Å². The fourth-order valence-corrected chi connectivity index (χ4v) is 3.78. The van der Waals surface area contributed by atoms with Gasteiger partial charge in [-0.3, -0.25) is 0 Å². The van der Waals surface area contributed by atoms with Crippen molar-refractivity contribution in [3.8, 4) is 0 Å². The van der Waals surface area contributed by atoms with Gasteiger partial charge in [0.1, 0.15) is 5.82 Å². The van der Waals surface area contributed by atoms with Gasteiger partial charge in [0.2, 0.25) is 0 Å². The van der Waals surface area contributed by atoms with Crippen molar-refractivity contribution in [2.45, 2.75) is 58.9 Å². The van der Waals surface area contributed by atoms with Crippen molar-refractivity contribution >= 4 is 21.6 Å². The van der Waals surface area contributed by atoms with E-state index in [0.717, 1.165) is 23.1 Å². The van der Waals surface area contributed by atoms with Gasteiger partial charge in [-0.1, -0.05) is 26.7 Å². The lowest BCUT2D eigenvalue weighted by atomic mass is 9.81. The summed E-state index contributed by atoms with van der Waals surface area (Å²) in [5.41, 5.74) is 2.05. The van der Waals surface area contributed by atoms with Crippen LogP contribution in [0.4, 0.5) is 10.1 Å². The lowest BCUT2D eigenvalue weighted by Crippen LogP contribution is -2.28. The summed E-state index contributed by atoms with van der Waals surface area (Å²) < 4.78 is 14.2. The summed E-state index contributed by atoms with van der Waals surface area (Å²) in [4.78, 5) is 0. The van der Waals surface area contributed by atoms with E-state index in [1.807, 2.05) is 13.0 Å². The zero-order valence-electron chi connectivity index (χ0n) is 12.7. The number of benzene rings is 1. The third-order valence-electron chi connectivity index (χ3n) is 4.21. The molecule has 2 unspecified atom stereocenters. The lowest BCUT2D eigenvalue weighted by molar-refractivity contribution is 0.289. The third-order valence-corrected chi connectivity index (χ3v) is 4.82. The molecule has 2 rings (SSSR count). The molecule has 0 aliphatic heterocycles. The van der Waals surface area contributed by atoms with Crippen molar-refractivity contribution in [1.29, 1.82) is 0 Å². The van der Waals surface area contributed by atoms with Crippen LogP contribution in [0.1, 0.15) is 51.5 Å². The summed E-state index contributed by atoms with van der Waals surface area (Å²) >= 11 is 3.24. The molecule has 1 fully saturated rings. The number of nitrogens with one attached hydrogen (secondary N) is 1. The highest BCUT2D eigenvalue weighted by Gasteiger charge is 2.23. The van der Waals surface area contributed by atoms with Gasteiger partial charge in [-0.25, -0.2) is 4.39 Å². The summed E-state index contributed by atoms with van der Waals surface area (Å²) in [6.45, 7) is 6.62. The minimum atomic E-state index is -0.187. The monoisotopic (exact) mass is 341 g/mol. The van der Waals surface area contributed by atoms with Crippen LogP contribution in [0.2, 0.25) is 0 Å². The van der Waals surface area contributed by atoms with Gasteiger partial charge in [-0.2, -0.15) is 0 Å². The van der Waals surface area contributed by atoms with Gasteiger partial charge in [0.25, 0.3) is 0 Å². The number of hydrogen-bond acceptors (Lipinski definition) is 1. The van der Waals surface area contributed by atoms with Crippen LogP contribution in [0.25, 0.3) is 0 Å². The van der Waals surface area contributed by atoms with Gasteiger partial charge in [0, 0.05) is 11.7 Å². The highest BCUT2D eigenvalue weighted by atomic mass is 79.9. The maximum Gasteiger partial charge on any atom is 0.139 e. The second-order valence-electron chi connectivity index (χ2n) is 6.58. The number of hydrogen-bond donors (Lipinski definition) is 1. The molecule has 1 saturated carbocycles. The highest BCUT2D eigenvalue weighted by molar-refractivity contribution is 9.10. The summed E-state index contributed by atoms with van der Waals surface area (Å²) in [6.07, 6.45) is 6.37. The van der Waals surface area contributed by atoms with E-state index < -0.39 is 0 Å². The number of halogens is 2. The summed E-state index contributed by atoms with van der Waals surface area (Å²) in [5, 5.41) is 3.56. The molecule has 2 atom stereocenters. The smallest absolute Gasteiger partial charge is 0.139 e. The second kappa shape index (κ2) is 6.93. The van der Waals surface area contributed by atoms with E-state index in [1.54, 1.807) is 6.07 Å². The fourth-order valence-electron chi connectivity index (χ4n) is 3.32. The van der Waals surface area contributed by atoms with E-state index in [0.29, 0.717) is 10.5 Å². The Morgan fingerprint density at radius 2 is 2.10 bits per heavy atom. The van der Waals surface area contributed by atoms with E-state index in [1.165, 1.54) is 32.1 Å². The van der Waals surface area contributed by atoms with E-state index >= 15 is 0 Å². The van der Waals surface area contributed by atoms with Gasteiger partial charge in [0.05, 0.1) is 4.47 Å². The van der Waals surface area contributed by atoms with E-state index in [-0.39, 0.29) is 5.82 Å². The Kier molecular flexibility index (Phi) is 5.48. The first-order valence-corrected chi connectivity index (χ1v) is 8.47. The highest BCUT2D eigenvalue weighted by Crippen LogP contribution is 2.32. The molecule has 0 amide bonds. The molecule has 0 radical (unpaired) electrons. The van der Waals surface area contributed by atoms with Crippen LogP contribution in [0.15, 0.2) is 16.6 Å². The molecular formula is C17H25BrFN. The molecule has 1 aromatic carbocycles. The topological polar surface area (TPSA) is 12.0 Å². The van der Waals surface area contributed by atoms with Crippen LogP contribution < -0.4 is 5.32 Å². The molecule has 0 aromatic heterocycles. The molecule has 0 spiro atoms. The Labute approximate surface area is 130 Å². The van der Waals surface area contributed by atoms with Crippen LogP contribution in [-0.2, 0) is 0 Å². The van der Waals surface area contributed by atoms with Crippen molar-refractivity contribution in [3.63, 3.8) is 0 Å². The summed E-state index contributed by atoms with van der Waals surface area (Å²) in [7, 11) is 0. The maximum absolute atomic E-state index is 13.7. The Morgan fingerprint density at radius 3 is 2.80 bits per heavy atom. The molecule has 0 heterocycles. The van der Waals surface area contributed by atoms with Crippen LogP contribution in [0.3, 0.4) is 0 Å². The van der Waals surface area contributed by atoms with Crippen LogP contribution in [-0.4, -0.2) is 6.04 Å². The number of rotatable bonds is 4. The standard InChI is InChI=1S/C17H25BrFN/c1-11(2)7-13-5-4-6-14(9-13)20-17-10-16(19)15(18)8-12(17)3/h8,10-11,13-14,20H,4-7,9H2,1-3H3. The van der Waals surface area contributed by atoms with Gasteiger partial charge >= 0.3 is 0 Å². The molecule has 1 aromatic rings. The molecule has 3 heteroatoms. The predicted octanol–water partition coefficient (Wildman–Crippen LogP) is 5.91. The first-order valence-electron chi connectivity index (χ1n) is 7.68. The molecule has 0 bridgehead atoms. The van der Waals surface area contributed by atoms with Crippen molar-refractivity contribution in [2.75, 3.05) is 5.32 Å². The van der Waals surface area contributed by atoms with Crippen molar-refractivity contribution < 1.29 is 4.39 Å². The zero-order valence-corrected chi connectivity index (χ0v) is 14.3. The molecular weight excluding hydrogens is 317 g/mol. The van der Waals surface area contributed by atoms with Gasteiger partial charge < -0.3 is 5.32 Å². The molecule has 1 aliphatic carbocycles. The Bertz CT molecular complexity index is 459. The average molecular weight is 342 g/mol. The van der Waals surface area contributed by atoms with Crippen molar-refractivity contribution in [2.24, 2.45) is 11.8 Å². The van der Waals surface area contributed by atoms with Gasteiger partial charge in [0.15, 0.2) is 0 Å². The number of anilines is 1. The largest absolute Gasteiger partial charge is 0.382 e. The molecule has 1 aliphatic rings. The first kappa shape index (κ1) is 15.8. The quantitative estimate of drug-likeness (QED) is 0.717. The van der Waals surface area contributed by atoms with Crippen LogP contribution in [0.5, 0.6) is 0 Å². The minimum absolute atomic E-state index is 0.187. The second-order valence-corrected chi connectivity index (χ2v) is 7.44. The summed E-state index contributed by atoms with van der Waals surface area (Å²) in [5.74, 6) is 1.40. The molecule has 112 valence electrons. The van der Waals surface area contributed by atoms with Crippen LogP contribution in [0, 0.1) is 24.6 Å². The third kappa shape index (κ3) is 4.21. The van der Waals surface area contributed by atoms with Gasteiger partial charge in [-0.15, -0.1) is 0 Å². The average Bonchev–Trinajstić information content (AvgIpc) is 2.35. The van der Waals surface area contributed by atoms with E-state index in [2.05, 4.69) is 35.1 Å². The fraction of sp³-hybridized carbons (Fsp3) is 0.647. The maximum atomic E-state index is 13.7.